The summed E-state index contributed by atoms with van der Waals surface area (Å²) in [5.74, 6) is 0.769. The molecule has 1 aliphatic rings. The lowest BCUT2D eigenvalue weighted by atomic mass is 9.95. The number of hydrogen-bond donors (Lipinski definition) is 1. The van der Waals surface area contributed by atoms with E-state index >= 15 is 0 Å². The quantitative estimate of drug-likeness (QED) is 0.931. The Morgan fingerprint density at radius 2 is 2.33 bits per heavy atom. The molecule has 2 rings (SSSR count). The van der Waals surface area contributed by atoms with Crippen molar-refractivity contribution < 1.29 is 9.21 Å². The molecule has 0 bridgehead atoms. The number of nitrogens with zero attached hydrogens (tertiary/aromatic N) is 1. The summed E-state index contributed by atoms with van der Waals surface area (Å²) < 4.78 is 5.14. The fourth-order valence-electron chi connectivity index (χ4n) is 2.31. The number of halogens is 2. The van der Waals surface area contributed by atoms with Crippen LogP contribution in [0.3, 0.4) is 0 Å². The zero-order valence-corrected chi connectivity index (χ0v) is 11.7. The molecule has 1 amide bonds. The highest BCUT2D eigenvalue weighted by Crippen LogP contribution is 2.22. The first-order chi connectivity index (χ1) is 8.20. The number of hydrogen-bond acceptors (Lipinski definition) is 3. The fraction of sp³-hybridized carbons (Fsp3) is 0.583. The summed E-state index contributed by atoms with van der Waals surface area (Å²) in [4.78, 5) is 13.9. The predicted molar refractivity (Wildman–Crippen MR) is 73.3 cm³/mol. The van der Waals surface area contributed by atoms with Crippen LogP contribution in [-0.2, 0) is 0 Å². The van der Waals surface area contributed by atoms with Gasteiger partial charge in [0.25, 0.3) is 5.91 Å². The van der Waals surface area contributed by atoms with E-state index in [0.717, 1.165) is 32.4 Å². The first-order valence-electron chi connectivity index (χ1n) is 5.95. The fourth-order valence-corrected chi connectivity index (χ4v) is 2.45. The van der Waals surface area contributed by atoms with Crippen molar-refractivity contribution in [3.8, 4) is 0 Å². The molecule has 102 valence electrons. The highest BCUT2D eigenvalue weighted by atomic mass is 35.5. The molecule has 1 aromatic rings. The van der Waals surface area contributed by atoms with Crippen molar-refractivity contribution in [2.24, 2.45) is 11.7 Å². The van der Waals surface area contributed by atoms with E-state index in [4.69, 9.17) is 21.8 Å². The normalized spacial score (nSPS) is 19.4. The average Bonchev–Trinajstić information content (AvgIpc) is 2.76. The van der Waals surface area contributed by atoms with Crippen LogP contribution in [0.5, 0.6) is 0 Å². The van der Waals surface area contributed by atoms with Crippen molar-refractivity contribution in [1.82, 2.24) is 4.90 Å². The molecule has 0 spiro atoms. The minimum absolute atomic E-state index is 0. The van der Waals surface area contributed by atoms with E-state index < -0.39 is 0 Å². The first-order valence-corrected chi connectivity index (χ1v) is 6.33. The molecule has 1 atom stereocenters. The second-order valence-electron chi connectivity index (χ2n) is 4.44. The molecule has 0 aromatic carbocycles. The topological polar surface area (TPSA) is 59.5 Å². The van der Waals surface area contributed by atoms with Crippen molar-refractivity contribution in [2.45, 2.75) is 19.3 Å². The molecule has 2 N–H and O–H groups in total. The molecular weight excluding hydrogens is 275 g/mol. The maximum absolute atomic E-state index is 12.1. The Morgan fingerprint density at radius 3 is 2.94 bits per heavy atom. The Kier molecular flexibility index (Phi) is 5.99. The molecule has 0 radical (unpaired) electrons. The van der Waals surface area contributed by atoms with Gasteiger partial charge in [0.05, 0.1) is 0 Å². The summed E-state index contributed by atoms with van der Waals surface area (Å²) in [6.07, 6.45) is 3.16. The lowest BCUT2D eigenvalue weighted by molar-refractivity contribution is 0.0637. The maximum atomic E-state index is 12.1. The number of likely N-dealkylation sites (tertiary alicyclic amines) is 1. The summed E-state index contributed by atoms with van der Waals surface area (Å²) in [5.41, 5.74) is 5.56. The van der Waals surface area contributed by atoms with E-state index in [2.05, 4.69) is 0 Å². The zero-order valence-electron chi connectivity index (χ0n) is 10.1. The first kappa shape index (κ1) is 15.3. The molecule has 1 aliphatic heterocycles. The van der Waals surface area contributed by atoms with Gasteiger partial charge in [-0.15, -0.1) is 12.4 Å². The van der Waals surface area contributed by atoms with E-state index in [1.807, 2.05) is 4.90 Å². The van der Waals surface area contributed by atoms with Crippen LogP contribution < -0.4 is 5.73 Å². The molecular formula is C12H18Cl2N2O2. The van der Waals surface area contributed by atoms with Crippen LogP contribution in [0.25, 0.3) is 0 Å². The smallest absolute Gasteiger partial charge is 0.289 e. The predicted octanol–water partition coefficient (Wildman–Crippen LogP) is 2.56. The summed E-state index contributed by atoms with van der Waals surface area (Å²) in [5, 5.41) is 0.254. The number of carbonyl (C=O) groups excluding carboxylic acids is 1. The molecule has 6 heteroatoms. The van der Waals surface area contributed by atoms with Crippen molar-refractivity contribution >= 4 is 29.9 Å². The van der Waals surface area contributed by atoms with Gasteiger partial charge in [-0.2, -0.15) is 0 Å². The largest absolute Gasteiger partial charge is 0.440 e. The Labute approximate surface area is 118 Å². The third-order valence-corrected chi connectivity index (χ3v) is 3.37. The standard InChI is InChI=1S/C12H17ClN2O2.ClH/c13-11-4-3-10(17-11)12(16)15-7-1-2-9(8-15)5-6-14;/h3-4,9H,1-2,5-8,14H2;1H. The van der Waals surface area contributed by atoms with E-state index in [1.54, 1.807) is 12.1 Å². The molecule has 2 heterocycles. The Morgan fingerprint density at radius 1 is 1.56 bits per heavy atom. The van der Waals surface area contributed by atoms with Crippen molar-refractivity contribution in [2.75, 3.05) is 19.6 Å². The van der Waals surface area contributed by atoms with Crippen LogP contribution >= 0.6 is 24.0 Å². The molecule has 0 aliphatic carbocycles. The van der Waals surface area contributed by atoms with Crippen LogP contribution in [0.1, 0.15) is 29.8 Å². The van der Waals surface area contributed by atoms with Crippen LogP contribution in [0.2, 0.25) is 5.22 Å². The zero-order chi connectivity index (χ0) is 12.3. The van der Waals surface area contributed by atoms with Gasteiger partial charge in [0, 0.05) is 13.1 Å². The number of nitrogens with two attached hydrogens (primary N) is 1. The summed E-state index contributed by atoms with van der Waals surface area (Å²) in [7, 11) is 0. The van der Waals surface area contributed by atoms with E-state index in [0.29, 0.717) is 18.2 Å². The van der Waals surface area contributed by atoms with Crippen molar-refractivity contribution in [3.63, 3.8) is 0 Å². The lowest BCUT2D eigenvalue weighted by Crippen LogP contribution is -2.40. The Balaban J connectivity index is 0.00000162. The third kappa shape index (κ3) is 3.64. The molecule has 1 aromatic heterocycles. The molecule has 4 nitrogen and oxygen atoms in total. The van der Waals surface area contributed by atoms with Gasteiger partial charge in [0.15, 0.2) is 11.0 Å². The van der Waals surface area contributed by atoms with Crippen LogP contribution in [0.15, 0.2) is 16.5 Å². The number of amides is 1. The molecule has 1 unspecified atom stereocenters. The lowest BCUT2D eigenvalue weighted by Gasteiger charge is -2.32. The monoisotopic (exact) mass is 292 g/mol. The highest BCUT2D eigenvalue weighted by molar-refractivity contribution is 6.29. The van der Waals surface area contributed by atoms with Gasteiger partial charge in [-0.05, 0) is 55.5 Å². The number of rotatable bonds is 3. The van der Waals surface area contributed by atoms with Crippen molar-refractivity contribution in [1.29, 1.82) is 0 Å². The summed E-state index contributed by atoms with van der Waals surface area (Å²) in [6.45, 7) is 2.24. The van der Waals surface area contributed by atoms with Crippen molar-refractivity contribution in [3.05, 3.63) is 23.1 Å². The maximum Gasteiger partial charge on any atom is 0.289 e. The molecule has 1 fully saturated rings. The SMILES string of the molecule is Cl.NCCC1CCCN(C(=O)c2ccc(Cl)o2)C1. The van der Waals surface area contributed by atoms with Crippen LogP contribution in [0, 0.1) is 5.92 Å². The minimum atomic E-state index is -0.0707. The summed E-state index contributed by atoms with van der Waals surface area (Å²) >= 11 is 5.67. The second kappa shape index (κ2) is 7.02. The van der Waals surface area contributed by atoms with E-state index in [1.165, 1.54) is 0 Å². The van der Waals surface area contributed by atoms with Gasteiger partial charge in [0.2, 0.25) is 0 Å². The number of furan rings is 1. The van der Waals surface area contributed by atoms with Crippen LogP contribution in [-0.4, -0.2) is 30.4 Å². The van der Waals surface area contributed by atoms with Gasteiger partial charge in [-0.25, -0.2) is 0 Å². The van der Waals surface area contributed by atoms with Gasteiger partial charge >= 0.3 is 0 Å². The molecule has 0 saturated carbocycles. The highest BCUT2D eigenvalue weighted by Gasteiger charge is 2.25. The minimum Gasteiger partial charge on any atom is -0.440 e. The Hall–Kier alpha value is -0.710. The number of carbonyl (C=O) groups is 1. The second-order valence-corrected chi connectivity index (χ2v) is 4.81. The van der Waals surface area contributed by atoms with E-state index in [-0.39, 0.29) is 23.5 Å². The van der Waals surface area contributed by atoms with Gasteiger partial charge in [-0.1, -0.05) is 0 Å². The Bertz CT molecular complexity index is 393. The molecule has 1 saturated heterocycles. The van der Waals surface area contributed by atoms with Gasteiger partial charge in [-0.3, -0.25) is 4.79 Å². The third-order valence-electron chi connectivity index (χ3n) is 3.17. The van der Waals surface area contributed by atoms with Crippen LogP contribution in [0.4, 0.5) is 0 Å². The van der Waals surface area contributed by atoms with E-state index in [9.17, 15) is 4.79 Å². The summed E-state index contributed by atoms with van der Waals surface area (Å²) in [6, 6.07) is 3.22. The van der Waals surface area contributed by atoms with Gasteiger partial charge < -0.3 is 15.1 Å². The average molecular weight is 293 g/mol. The number of piperidine rings is 1. The van der Waals surface area contributed by atoms with Gasteiger partial charge in [0.1, 0.15) is 0 Å². The molecule has 18 heavy (non-hydrogen) atoms.